The molecule has 8 heteroatoms. The normalized spacial score (nSPS) is 10.1. The van der Waals surface area contributed by atoms with E-state index in [0.29, 0.717) is 6.42 Å². The van der Waals surface area contributed by atoms with Crippen LogP contribution in [0.5, 0.6) is 5.75 Å². The molecule has 0 aliphatic carbocycles. The monoisotopic (exact) mass is 447 g/mol. The minimum Gasteiger partial charge on any atom is -0.508 e. The Kier molecular flexibility index (Phi) is 8.84. The summed E-state index contributed by atoms with van der Waals surface area (Å²) in [7, 11) is 0. The molecule has 170 valence electrons. The third kappa shape index (κ3) is 8.74. The quantitative estimate of drug-likeness (QED) is 0.372. The Balaban J connectivity index is 1.57. The predicted octanol–water partition coefficient (Wildman–Crippen LogP) is 4.14. The van der Waals surface area contributed by atoms with Crippen LogP contribution in [0.4, 0.5) is 9.59 Å². The molecule has 3 rings (SSSR count). The molecule has 3 aromatic carbocycles. The molecular weight excluding hydrogens is 422 g/mol. The summed E-state index contributed by atoms with van der Waals surface area (Å²) in [6.45, 7) is 0.389. The van der Waals surface area contributed by atoms with E-state index in [-0.39, 0.29) is 31.5 Å². The summed E-state index contributed by atoms with van der Waals surface area (Å²) in [4.78, 5) is 28.7. The van der Waals surface area contributed by atoms with Crippen LogP contribution in [-0.4, -0.2) is 29.8 Å². The van der Waals surface area contributed by atoms with E-state index in [9.17, 15) is 14.7 Å². The smallest absolute Gasteiger partial charge is 0.414 e. The van der Waals surface area contributed by atoms with E-state index < -0.39 is 12.2 Å². The van der Waals surface area contributed by atoms with Crippen LogP contribution < -0.4 is 10.6 Å². The average molecular weight is 447 g/mol. The first kappa shape index (κ1) is 23.3. The molecule has 0 aromatic heterocycles. The van der Waals surface area contributed by atoms with Crippen molar-refractivity contribution in [2.75, 3.05) is 6.54 Å². The van der Waals surface area contributed by atoms with Crippen molar-refractivity contribution >= 4 is 18.1 Å². The molecule has 0 heterocycles. The molecule has 3 N–H and O–H groups in total. The Morgan fingerprint density at radius 3 is 1.76 bits per heavy atom. The van der Waals surface area contributed by atoms with Crippen LogP contribution in [0.25, 0.3) is 0 Å². The van der Waals surface area contributed by atoms with Crippen LogP contribution in [0.1, 0.15) is 16.7 Å². The zero-order chi connectivity index (χ0) is 23.3. The third-order valence-electron chi connectivity index (χ3n) is 4.45. The number of phenols is 1. The van der Waals surface area contributed by atoms with Crippen molar-refractivity contribution < 1.29 is 24.2 Å². The second-order valence-electron chi connectivity index (χ2n) is 7.02. The molecule has 0 bridgehead atoms. The highest BCUT2D eigenvalue weighted by Gasteiger charge is 2.12. The van der Waals surface area contributed by atoms with Gasteiger partial charge in [0, 0.05) is 6.54 Å². The molecule has 3 aromatic rings. The van der Waals surface area contributed by atoms with Gasteiger partial charge < -0.3 is 14.6 Å². The fourth-order valence-electron chi connectivity index (χ4n) is 2.83. The van der Waals surface area contributed by atoms with E-state index in [2.05, 4.69) is 15.6 Å². The number of hydrogen-bond donors (Lipinski definition) is 3. The van der Waals surface area contributed by atoms with E-state index in [0.717, 1.165) is 16.7 Å². The fourth-order valence-corrected chi connectivity index (χ4v) is 2.83. The number of alkyl carbamates (subject to hydrolysis) is 2. The number of carbonyl (C=O) groups is 2. The molecule has 0 fully saturated rings. The van der Waals surface area contributed by atoms with Crippen LogP contribution >= 0.6 is 0 Å². The predicted molar refractivity (Wildman–Crippen MR) is 124 cm³/mol. The lowest BCUT2D eigenvalue weighted by molar-refractivity contribution is 0.141. The Morgan fingerprint density at radius 1 is 0.727 bits per heavy atom. The molecule has 0 radical (unpaired) electrons. The van der Waals surface area contributed by atoms with Gasteiger partial charge in [-0.05, 0) is 35.2 Å². The van der Waals surface area contributed by atoms with Crippen molar-refractivity contribution in [1.29, 1.82) is 0 Å². The topological polar surface area (TPSA) is 109 Å². The summed E-state index contributed by atoms with van der Waals surface area (Å²) in [5.74, 6) is 0.0632. The lowest BCUT2D eigenvalue weighted by Crippen LogP contribution is -2.44. The molecule has 0 aliphatic heterocycles. The SMILES string of the molecule is O=C(NC(=NCCc1cccc(O)c1)NC(=O)OCc1ccccc1)OCc1ccccc1. The number of carbonyl (C=O) groups excluding carboxylic acids is 2. The Morgan fingerprint density at radius 2 is 1.24 bits per heavy atom. The maximum Gasteiger partial charge on any atom is 0.414 e. The molecular formula is C25H25N3O5. The molecule has 0 unspecified atom stereocenters. The second-order valence-corrected chi connectivity index (χ2v) is 7.02. The highest BCUT2D eigenvalue weighted by atomic mass is 16.6. The Bertz CT molecular complexity index is 1010. The van der Waals surface area contributed by atoms with Crippen LogP contribution in [0, 0.1) is 0 Å². The number of guanidine groups is 1. The van der Waals surface area contributed by atoms with Gasteiger partial charge in [-0.25, -0.2) is 9.59 Å². The van der Waals surface area contributed by atoms with Gasteiger partial charge >= 0.3 is 12.2 Å². The van der Waals surface area contributed by atoms with Gasteiger partial charge in [0.15, 0.2) is 0 Å². The number of ether oxygens (including phenoxy) is 2. The van der Waals surface area contributed by atoms with E-state index >= 15 is 0 Å². The zero-order valence-electron chi connectivity index (χ0n) is 17.9. The Hall–Kier alpha value is -4.33. The molecule has 0 aliphatic rings. The number of nitrogens with zero attached hydrogens (tertiary/aromatic N) is 1. The molecule has 0 spiro atoms. The van der Waals surface area contributed by atoms with Gasteiger partial charge in [-0.1, -0.05) is 72.8 Å². The van der Waals surface area contributed by atoms with Crippen molar-refractivity contribution in [2.24, 2.45) is 4.99 Å². The number of nitrogens with one attached hydrogen (secondary N) is 2. The summed E-state index contributed by atoms with van der Waals surface area (Å²) in [5.41, 5.74) is 2.51. The molecule has 0 atom stereocenters. The van der Waals surface area contributed by atoms with E-state index in [1.807, 2.05) is 66.7 Å². The van der Waals surface area contributed by atoms with Gasteiger partial charge in [0.2, 0.25) is 5.96 Å². The average Bonchev–Trinajstić information content (AvgIpc) is 2.83. The first-order chi connectivity index (χ1) is 16.1. The Labute approximate surface area is 191 Å². The first-order valence-corrected chi connectivity index (χ1v) is 10.4. The number of rotatable bonds is 7. The number of amides is 2. The van der Waals surface area contributed by atoms with E-state index in [1.54, 1.807) is 18.2 Å². The van der Waals surface area contributed by atoms with Crippen molar-refractivity contribution in [3.05, 3.63) is 102 Å². The maximum absolute atomic E-state index is 12.2. The van der Waals surface area contributed by atoms with Crippen molar-refractivity contribution in [3.63, 3.8) is 0 Å². The molecule has 0 saturated carbocycles. The summed E-state index contributed by atoms with van der Waals surface area (Å²) < 4.78 is 10.4. The number of benzene rings is 3. The third-order valence-corrected chi connectivity index (χ3v) is 4.45. The van der Waals surface area contributed by atoms with Crippen LogP contribution in [0.2, 0.25) is 0 Å². The maximum atomic E-state index is 12.2. The standard InChI is InChI=1S/C25H25N3O5/c29-22-13-7-12-19(16-22)14-15-26-23(27-24(30)32-17-20-8-3-1-4-9-20)28-25(31)33-18-21-10-5-2-6-11-21/h1-13,16,29H,14-15,17-18H2,(H2,26,27,28,30,31). The van der Waals surface area contributed by atoms with Crippen molar-refractivity contribution in [3.8, 4) is 5.75 Å². The van der Waals surface area contributed by atoms with Gasteiger partial charge in [-0.2, -0.15) is 0 Å². The van der Waals surface area contributed by atoms with E-state index in [4.69, 9.17) is 9.47 Å². The van der Waals surface area contributed by atoms with Crippen molar-refractivity contribution in [1.82, 2.24) is 10.6 Å². The van der Waals surface area contributed by atoms with Gasteiger partial charge in [0.05, 0.1) is 0 Å². The summed E-state index contributed by atoms with van der Waals surface area (Å²) in [5, 5.41) is 14.5. The fraction of sp³-hybridized carbons (Fsp3) is 0.160. The number of aliphatic imine (C=N–C) groups is 1. The first-order valence-electron chi connectivity index (χ1n) is 10.4. The van der Waals surface area contributed by atoms with Crippen LogP contribution in [-0.2, 0) is 29.1 Å². The van der Waals surface area contributed by atoms with E-state index in [1.165, 1.54) is 0 Å². The highest BCUT2D eigenvalue weighted by molar-refractivity contribution is 6.01. The molecule has 33 heavy (non-hydrogen) atoms. The van der Waals surface area contributed by atoms with Gasteiger partial charge in [-0.15, -0.1) is 0 Å². The van der Waals surface area contributed by atoms with Crippen molar-refractivity contribution in [2.45, 2.75) is 19.6 Å². The molecule has 8 nitrogen and oxygen atoms in total. The number of phenolic OH excluding ortho intramolecular Hbond substituents is 1. The van der Waals surface area contributed by atoms with Crippen LogP contribution in [0.3, 0.4) is 0 Å². The lowest BCUT2D eigenvalue weighted by Gasteiger charge is -2.12. The molecule has 0 saturated heterocycles. The largest absolute Gasteiger partial charge is 0.508 e. The highest BCUT2D eigenvalue weighted by Crippen LogP contribution is 2.11. The minimum atomic E-state index is -0.765. The van der Waals surface area contributed by atoms with Gasteiger partial charge in [0.1, 0.15) is 19.0 Å². The van der Waals surface area contributed by atoms with Gasteiger partial charge in [0.25, 0.3) is 0 Å². The van der Waals surface area contributed by atoms with Gasteiger partial charge in [-0.3, -0.25) is 15.6 Å². The zero-order valence-corrected chi connectivity index (χ0v) is 17.9. The number of aromatic hydroxyl groups is 1. The summed E-state index contributed by atoms with van der Waals surface area (Å²) in [6, 6.07) is 25.2. The van der Waals surface area contributed by atoms with Crippen LogP contribution in [0.15, 0.2) is 89.9 Å². The minimum absolute atomic E-state index is 0.0711. The number of hydrogen-bond acceptors (Lipinski definition) is 6. The lowest BCUT2D eigenvalue weighted by atomic mass is 10.1. The summed E-state index contributed by atoms with van der Waals surface area (Å²) in [6.07, 6.45) is -1.05. The summed E-state index contributed by atoms with van der Waals surface area (Å²) >= 11 is 0. The second kappa shape index (κ2) is 12.5. The molecule has 2 amide bonds.